The first kappa shape index (κ1) is 29.9. The van der Waals surface area contributed by atoms with Gasteiger partial charge in [0.25, 0.3) is 0 Å². The molecule has 2 N–H and O–H groups in total. The van der Waals surface area contributed by atoms with Crippen LogP contribution in [0, 0.1) is 5.92 Å². The molecule has 2 aliphatic heterocycles. The maximum Gasteiger partial charge on any atom is 0.318 e. The van der Waals surface area contributed by atoms with E-state index in [0.717, 1.165) is 40.7 Å². The fraction of sp³-hybridized carbons (Fsp3) is 0.394. The molecule has 0 aliphatic carbocycles. The Morgan fingerprint density at radius 3 is 2.57 bits per heavy atom. The summed E-state index contributed by atoms with van der Waals surface area (Å²) in [5.74, 6) is 0.462. The van der Waals surface area contributed by atoms with Crippen LogP contribution in [0.25, 0.3) is 10.9 Å². The van der Waals surface area contributed by atoms with Crippen molar-refractivity contribution in [3.05, 3.63) is 83.3 Å². The number of fused-ring (bicyclic) bond motifs is 2. The zero-order valence-electron chi connectivity index (χ0n) is 25.4. The molecule has 1 saturated heterocycles. The molecule has 3 amide bonds. The minimum Gasteiger partial charge on any atom is -0.361 e. The lowest BCUT2D eigenvalue weighted by Crippen LogP contribution is -2.58. The first-order valence-corrected chi connectivity index (χ1v) is 15.5. The largest absolute Gasteiger partial charge is 0.361 e. The van der Waals surface area contributed by atoms with Gasteiger partial charge in [0.2, 0.25) is 11.9 Å². The summed E-state index contributed by atoms with van der Waals surface area (Å²) in [5.41, 5.74) is 3.89. The number of anilines is 2. The van der Waals surface area contributed by atoms with E-state index in [4.69, 9.17) is 11.6 Å². The Hall–Kier alpha value is -4.15. The van der Waals surface area contributed by atoms with Crippen molar-refractivity contribution in [1.82, 2.24) is 30.1 Å². The number of aromatic amines is 1. The van der Waals surface area contributed by atoms with Crippen LogP contribution in [0.2, 0.25) is 5.02 Å². The molecule has 0 saturated carbocycles. The van der Waals surface area contributed by atoms with Crippen LogP contribution in [-0.4, -0.2) is 96.1 Å². The summed E-state index contributed by atoms with van der Waals surface area (Å²) >= 11 is 6.41. The van der Waals surface area contributed by atoms with E-state index in [1.54, 1.807) is 23.4 Å². The van der Waals surface area contributed by atoms with E-state index in [9.17, 15) is 9.59 Å². The molecule has 4 heterocycles. The molecule has 1 fully saturated rings. The maximum atomic E-state index is 14.7. The van der Waals surface area contributed by atoms with Crippen LogP contribution in [0.3, 0.4) is 0 Å². The molecule has 2 unspecified atom stereocenters. The van der Waals surface area contributed by atoms with E-state index in [2.05, 4.69) is 36.1 Å². The van der Waals surface area contributed by atoms with Gasteiger partial charge in [-0.15, -0.1) is 0 Å². The number of aromatic nitrogens is 3. The lowest BCUT2D eigenvalue weighted by molar-refractivity contribution is -0.121. The van der Waals surface area contributed by atoms with Crippen LogP contribution in [0.5, 0.6) is 0 Å². The second-order valence-corrected chi connectivity index (χ2v) is 12.5. The van der Waals surface area contributed by atoms with Crippen LogP contribution in [0.1, 0.15) is 24.0 Å². The van der Waals surface area contributed by atoms with Crippen molar-refractivity contribution in [2.24, 2.45) is 5.92 Å². The Morgan fingerprint density at radius 1 is 1.07 bits per heavy atom. The molecule has 3 atom stereocenters. The molecule has 2 aromatic heterocycles. The predicted molar refractivity (Wildman–Crippen MR) is 174 cm³/mol. The lowest BCUT2D eigenvalue weighted by Gasteiger charge is -2.40. The highest BCUT2D eigenvalue weighted by Gasteiger charge is 2.38. The van der Waals surface area contributed by atoms with Gasteiger partial charge in [0.05, 0.1) is 0 Å². The molecule has 10 nitrogen and oxygen atoms in total. The van der Waals surface area contributed by atoms with Gasteiger partial charge >= 0.3 is 6.03 Å². The molecular formula is C33H39ClN8O2. The van der Waals surface area contributed by atoms with Crippen LogP contribution < -0.4 is 15.1 Å². The van der Waals surface area contributed by atoms with Gasteiger partial charge in [0, 0.05) is 85.4 Å². The first-order valence-electron chi connectivity index (χ1n) is 15.2. The quantitative estimate of drug-likeness (QED) is 0.320. The fourth-order valence-electron chi connectivity index (χ4n) is 6.57. The summed E-state index contributed by atoms with van der Waals surface area (Å²) in [5, 5.41) is 4.88. The Bertz CT molecular complexity index is 1620. The average Bonchev–Trinajstić information content (AvgIpc) is 3.47. The van der Waals surface area contributed by atoms with Crippen molar-refractivity contribution in [2.75, 3.05) is 63.2 Å². The van der Waals surface area contributed by atoms with E-state index in [-0.39, 0.29) is 23.8 Å². The number of halogens is 1. The van der Waals surface area contributed by atoms with Gasteiger partial charge in [-0.25, -0.2) is 14.8 Å². The van der Waals surface area contributed by atoms with Crippen LogP contribution in [0.4, 0.5) is 16.4 Å². The Kier molecular flexibility index (Phi) is 8.72. The molecule has 0 bridgehead atoms. The second kappa shape index (κ2) is 12.8. The minimum atomic E-state index is -0.793. The third-order valence-electron chi connectivity index (χ3n) is 8.73. The van der Waals surface area contributed by atoms with Gasteiger partial charge in [-0.05, 0) is 67.9 Å². The maximum absolute atomic E-state index is 14.7. The topological polar surface area (TPSA) is 101 Å². The number of nitrogens with one attached hydrogen (secondary N) is 2. The highest BCUT2D eigenvalue weighted by molar-refractivity contribution is 6.30. The molecule has 0 radical (unpaired) electrons. The number of hydrogen-bond acceptors (Lipinski definition) is 6. The molecule has 11 heteroatoms. The number of hydrogen-bond donors (Lipinski definition) is 2. The Morgan fingerprint density at radius 2 is 1.82 bits per heavy atom. The Balaban J connectivity index is 1.29. The van der Waals surface area contributed by atoms with E-state index in [1.807, 2.05) is 68.5 Å². The van der Waals surface area contributed by atoms with Crippen molar-refractivity contribution in [3.63, 3.8) is 0 Å². The molecular weight excluding hydrogens is 576 g/mol. The summed E-state index contributed by atoms with van der Waals surface area (Å²) in [6, 6.07) is 14.5. The van der Waals surface area contributed by atoms with E-state index in [1.165, 1.54) is 0 Å². The molecule has 44 heavy (non-hydrogen) atoms. The van der Waals surface area contributed by atoms with Gasteiger partial charge < -0.3 is 29.9 Å². The number of nitrogens with zero attached hydrogens (tertiary/aromatic N) is 6. The zero-order chi connectivity index (χ0) is 30.8. The Labute approximate surface area is 263 Å². The van der Waals surface area contributed by atoms with Gasteiger partial charge in [0.1, 0.15) is 6.04 Å². The number of rotatable bonds is 7. The smallest absolute Gasteiger partial charge is 0.318 e. The van der Waals surface area contributed by atoms with Crippen molar-refractivity contribution in [1.29, 1.82) is 0 Å². The number of carbonyl (C=O) groups excluding carboxylic acids is 2. The average molecular weight is 615 g/mol. The number of benzene rings is 2. The van der Waals surface area contributed by atoms with Gasteiger partial charge in [-0.3, -0.25) is 4.79 Å². The standard InChI is InChI=1S/C33H39ClN8O2/c1-22(27-19-37-28-8-5-4-7-26(27)28)30(38-33(44)41-15-13-40(14-16-41)32-35-11-6-12-36-32)31(43)42-21-23(20-39(2)3)17-24-18-25(34)9-10-29(24)42/h4-12,18-19,22-23,30,37H,13-17,20-21H2,1-3H3,(H,38,44)/t22?,23-,30?/m1/s1. The van der Waals surface area contributed by atoms with Crippen LogP contribution >= 0.6 is 11.6 Å². The summed E-state index contributed by atoms with van der Waals surface area (Å²) in [6.07, 6.45) is 6.24. The van der Waals surface area contributed by atoms with E-state index in [0.29, 0.717) is 43.7 Å². The van der Waals surface area contributed by atoms with E-state index >= 15 is 0 Å². The zero-order valence-corrected chi connectivity index (χ0v) is 26.2. The van der Waals surface area contributed by atoms with Gasteiger partial charge in [-0.1, -0.05) is 36.7 Å². The highest BCUT2D eigenvalue weighted by atomic mass is 35.5. The summed E-state index contributed by atoms with van der Waals surface area (Å²) in [7, 11) is 4.09. The van der Waals surface area contributed by atoms with E-state index < -0.39 is 6.04 Å². The highest BCUT2D eigenvalue weighted by Crippen LogP contribution is 2.35. The van der Waals surface area contributed by atoms with Crippen molar-refractivity contribution in [3.8, 4) is 0 Å². The SMILES string of the molecule is CC(c1c[nH]c2ccccc12)C(NC(=O)N1CCN(c2ncccn2)CC1)C(=O)N1C[C@@H](CN(C)C)Cc2cc(Cl)ccc21. The van der Waals surface area contributed by atoms with Crippen molar-refractivity contribution >= 4 is 46.1 Å². The molecule has 2 aliphatic rings. The van der Waals surface area contributed by atoms with Crippen molar-refractivity contribution < 1.29 is 9.59 Å². The van der Waals surface area contributed by atoms with Gasteiger partial charge in [-0.2, -0.15) is 0 Å². The molecule has 230 valence electrons. The number of carbonyl (C=O) groups is 2. The number of amides is 3. The fourth-order valence-corrected chi connectivity index (χ4v) is 6.76. The van der Waals surface area contributed by atoms with Crippen LogP contribution in [-0.2, 0) is 11.2 Å². The molecule has 4 aromatic rings. The number of piperazine rings is 1. The monoisotopic (exact) mass is 614 g/mol. The number of para-hydroxylation sites is 1. The first-order chi connectivity index (χ1) is 21.3. The normalized spacial score (nSPS) is 18.3. The summed E-state index contributed by atoms with van der Waals surface area (Å²) < 4.78 is 0. The summed E-state index contributed by atoms with van der Waals surface area (Å²) in [4.78, 5) is 48.5. The summed E-state index contributed by atoms with van der Waals surface area (Å²) in [6.45, 7) is 5.65. The van der Waals surface area contributed by atoms with Crippen molar-refractivity contribution in [2.45, 2.75) is 25.3 Å². The third-order valence-corrected chi connectivity index (χ3v) is 8.96. The third kappa shape index (κ3) is 6.23. The molecule has 0 spiro atoms. The number of urea groups is 1. The lowest BCUT2D eigenvalue weighted by atomic mass is 9.88. The predicted octanol–water partition coefficient (Wildman–Crippen LogP) is 4.38. The van der Waals surface area contributed by atoms with Gasteiger partial charge in [0.15, 0.2) is 0 Å². The second-order valence-electron chi connectivity index (χ2n) is 12.1. The molecule has 2 aromatic carbocycles. The van der Waals surface area contributed by atoms with Crippen LogP contribution in [0.15, 0.2) is 67.1 Å². The number of H-pyrrole nitrogens is 1. The minimum absolute atomic E-state index is 0.125. The molecule has 6 rings (SSSR count).